The van der Waals surface area contributed by atoms with Crippen LogP contribution in [0.3, 0.4) is 0 Å². The first kappa shape index (κ1) is 12.4. The largest absolute Gasteiger partial charge is 0.330 e. The summed E-state index contributed by atoms with van der Waals surface area (Å²) in [4.78, 5) is 17.6. The smallest absolute Gasteiger partial charge is 0.325 e. The molecule has 0 amide bonds. The lowest BCUT2D eigenvalue weighted by atomic mass is 10.0. The van der Waals surface area contributed by atoms with E-state index in [4.69, 9.17) is 15.5 Å². The number of aryl methyl sites for hydroxylation is 1. The van der Waals surface area contributed by atoms with E-state index < -0.39 is 7.60 Å². The minimum atomic E-state index is -3.90. The number of hydrogen-bond acceptors (Lipinski definition) is 2. The van der Waals surface area contributed by atoms with E-state index in [1.807, 2.05) is 24.3 Å². The van der Waals surface area contributed by atoms with Crippen LogP contribution < -0.4 is 5.73 Å². The summed E-state index contributed by atoms with van der Waals surface area (Å²) >= 11 is 0. The van der Waals surface area contributed by atoms with Gasteiger partial charge in [0.1, 0.15) is 0 Å². The van der Waals surface area contributed by atoms with Crippen molar-refractivity contribution >= 4 is 7.60 Å². The molecule has 0 heterocycles. The molecule has 0 aliphatic rings. The summed E-state index contributed by atoms with van der Waals surface area (Å²) in [5.41, 5.74) is 7.51. The molecule has 0 spiro atoms. The molecule has 84 valence electrons. The second-order valence-electron chi connectivity index (χ2n) is 3.45. The SMILES string of the molecule is NCCc1ccccc1CCP(=O)(O)O. The van der Waals surface area contributed by atoms with Crippen molar-refractivity contribution in [3.63, 3.8) is 0 Å². The van der Waals surface area contributed by atoms with Gasteiger partial charge in [-0.2, -0.15) is 0 Å². The maximum absolute atomic E-state index is 10.7. The van der Waals surface area contributed by atoms with Gasteiger partial charge >= 0.3 is 7.60 Å². The van der Waals surface area contributed by atoms with Crippen LogP contribution in [0.4, 0.5) is 0 Å². The molecular formula is C10H16NO3P. The molecule has 0 saturated carbocycles. The minimum absolute atomic E-state index is 0.103. The van der Waals surface area contributed by atoms with Gasteiger partial charge in [0.15, 0.2) is 0 Å². The van der Waals surface area contributed by atoms with Crippen molar-refractivity contribution in [2.24, 2.45) is 5.73 Å². The molecule has 0 aromatic heterocycles. The Kier molecular flexibility index (Phi) is 4.48. The van der Waals surface area contributed by atoms with Gasteiger partial charge in [0.2, 0.25) is 0 Å². The maximum Gasteiger partial charge on any atom is 0.325 e. The molecule has 15 heavy (non-hydrogen) atoms. The van der Waals surface area contributed by atoms with Gasteiger partial charge in [0, 0.05) is 0 Å². The Bertz CT molecular complexity index is 361. The molecule has 0 bridgehead atoms. The highest BCUT2D eigenvalue weighted by Gasteiger charge is 2.13. The summed E-state index contributed by atoms with van der Waals surface area (Å²) < 4.78 is 10.7. The van der Waals surface area contributed by atoms with Crippen molar-refractivity contribution < 1.29 is 14.4 Å². The second-order valence-corrected chi connectivity index (χ2v) is 5.22. The molecule has 4 nitrogen and oxygen atoms in total. The average molecular weight is 229 g/mol. The molecule has 5 heteroatoms. The Hall–Kier alpha value is -0.670. The highest BCUT2D eigenvalue weighted by molar-refractivity contribution is 7.51. The lowest BCUT2D eigenvalue weighted by Gasteiger charge is -2.09. The van der Waals surface area contributed by atoms with Gasteiger partial charge in [-0.25, -0.2) is 0 Å². The Balaban J connectivity index is 2.71. The lowest BCUT2D eigenvalue weighted by Crippen LogP contribution is -2.06. The zero-order chi connectivity index (χ0) is 11.3. The fraction of sp³-hybridized carbons (Fsp3) is 0.400. The lowest BCUT2D eigenvalue weighted by molar-refractivity contribution is 0.373. The minimum Gasteiger partial charge on any atom is -0.330 e. The van der Waals surface area contributed by atoms with E-state index in [1.54, 1.807) is 0 Å². The first-order valence-electron chi connectivity index (χ1n) is 4.84. The predicted octanol–water partition coefficient (Wildman–Crippen LogP) is 0.908. The molecule has 0 fully saturated rings. The number of hydrogen-bond donors (Lipinski definition) is 3. The van der Waals surface area contributed by atoms with Gasteiger partial charge in [-0.3, -0.25) is 4.57 Å². The molecule has 0 aliphatic carbocycles. The van der Waals surface area contributed by atoms with Crippen molar-refractivity contribution in [3.8, 4) is 0 Å². The van der Waals surface area contributed by atoms with E-state index in [9.17, 15) is 4.57 Å². The molecule has 4 N–H and O–H groups in total. The summed E-state index contributed by atoms with van der Waals surface area (Å²) in [5, 5.41) is 0. The second kappa shape index (κ2) is 5.42. The highest BCUT2D eigenvalue weighted by atomic mass is 31.2. The third kappa shape index (κ3) is 4.58. The monoisotopic (exact) mass is 229 g/mol. The molecule has 1 aromatic rings. The van der Waals surface area contributed by atoms with Crippen LogP contribution in [0.5, 0.6) is 0 Å². The summed E-state index contributed by atoms with van der Waals surface area (Å²) in [7, 11) is -3.90. The summed E-state index contributed by atoms with van der Waals surface area (Å²) in [6.45, 7) is 0.549. The van der Waals surface area contributed by atoms with E-state index in [0.29, 0.717) is 13.0 Å². The van der Waals surface area contributed by atoms with Gasteiger partial charge in [-0.05, 0) is 30.5 Å². The highest BCUT2D eigenvalue weighted by Crippen LogP contribution is 2.35. The summed E-state index contributed by atoms with van der Waals surface area (Å²) in [5.74, 6) is 0. The average Bonchev–Trinajstić information content (AvgIpc) is 2.16. The fourth-order valence-corrected chi connectivity index (χ4v) is 2.00. The first-order valence-corrected chi connectivity index (χ1v) is 6.64. The molecule has 1 aromatic carbocycles. The van der Waals surface area contributed by atoms with E-state index in [0.717, 1.165) is 17.5 Å². The third-order valence-electron chi connectivity index (χ3n) is 2.20. The van der Waals surface area contributed by atoms with Crippen LogP contribution in [-0.4, -0.2) is 22.5 Å². The molecule has 0 saturated heterocycles. The van der Waals surface area contributed by atoms with Gasteiger partial charge in [0.25, 0.3) is 0 Å². The molecule has 0 aliphatic heterocycles. The van der Waals surface area contributed by atoms with Gasteiger partial charge in [-0.1, -0.05) is 24.3 Å². The Morgan fingerprint density at radius 2 is 1.67 bits per heavy atom. The van der Waals surface area contributed by atoms with Crippen molar-refractivity contribution in [3.05, 3.63) is 35.4 Å². The van der Waals surface area contributed by atoms with Crippen molar-refractivity contribution in [2.45, 2.75) is 12.8 Å². The maximum atomic E-state index is 10.7. The Morgan fingerprint density at radius 3 is 2.13 bits per heavy atom. The zero-order valence-electron chi connectivity index (χ0n) is 8.47. The van der Waals surface area contributed by atoms with Crippen molar-refractivity contribution in [1.82, 2.24) is 0 Å². The molecule has 0 radical (unpaired) electrons. The Morgan fingerprint density at radius 1 is 1.13 bits per heavy atom. The van der Waals surface area contributed by atoms with Crippen LogP contribution in [0, 0.1) is 0 Å². The van der Waals surface area contributed by atoms with E-state index in [2.05, 4.69) is 0 Å². The molecular weight excluding hydrogens is 213 g/mol. The van der Waals surface area contributed by atoms with E-state index in [-0.39, 0.29) is 6.16 Å². The predicted molar refractivity (Wildman–Crippen MR) is 59.8 cm³/mol. The van der Waals surface area contributed by atoms with Crippen LogP contribution in [0.15, 0.2) is 24.3 Å². The third-order valence-corrected chi connectivity index (χ3v) is 3.01. The normalized spacial score (nSPS) is 11.7. The number of benzene rings is 1. The van der Waals surface area contributed by atoms with Crippen molar-refractivity contribution in [2.75, 3.05) is 12.7 Å². The van der Waals surface area contributed by atoms with Crippen LogP contribution in [0.1, 0.15) is 11.1 Å². The van der Waals surface area contributed by atoms with E-state index >= 15 is 0 Å². The fourth-order valence-electron chi connectivity index (χ4n) is 1.47. The van der Waals surface area contributed by atoms with Gasteiger partial charge in [-0.15, -0.1) is 0 Å². The standard InChI is InChI=1S/C10H16NO3P/c11-7-5-9-3-1-2-4-10(9)6-8-15(12,13)14/h1-4H,5-8,11H2,(H2,12,13,14). The van der Waals surface area contributed by atoms with Crippen molar-refractivity contribution in [1.29, 1.82) is 0 Å². The van der Waals surface area contributed by atoms with E-state index in [1.165, 1.54) is 0 Å². The van der Waals surface area contributed by atoms with Gasteiger partial charge in [0.05, 0.1) is 6.16 Å². The van der Waals surface area contributed by atoms with Crippen LogP contribution >= 0.6 is 7.60 Å². The van der Waals surface area contributed by atoms with Crippen LogP contribution in [0.2, 0.25) is 0 Å². The summed E-state index contributed by atoms with van der Waals surface area (Å²) in [6.07, 6.45) is 1.05. The van der Waals surface area contributed by atoms with Gasteiger partial charge < -0.3 is 15.5 Å². The van der Waals surface area contributed by atoms with Crippen LogP contribution in [0.25, 0.3) is 0 Å². The topological polar surface area (TPSA) is 83.6 Å². The summed E-state index contributed by atoms with van der Waals surface area (Å²) in [6, 6.07) is 7.61. The number of nitrogens with two attached hydrogens (primary N) is 1. The van der Waals surface area contributed by atoms with Crippen LogP contribution in [-0.2, 0) is 17.4 Å². The molecule has 0 unspecified atom stereocenters. The number of rotatable bonds is 5. The molecule has 0 atom stereocenters. The zero-order valence-corrected chi connectivity index (χ0v) is 9.36. The first-order chi connectivity index (χ1) is 7.03. The Labute approximate surface area is 89.3 Å². The quantitative estimate of drug-likeness (QED) is 0.655. The molecule has 1 rings (SSSR count).